The molecule has 2 rings (SSSR count). The van der Waals surface area contributed by atoms with Crippen LogP contribution in [0.25, 0.3) is 0 Å². The summed E-state index contributed by atoms with van der Waals surface area (Å²) in [5.74, 6) is 1.27. The van der Waals surface area contributed by atoms with Crippen molar-refractivity contribution in [2.24, 2.45) is 5.92 Å². The summed E-state index contributed by atoms with van der Waals surface area (Å²) in [4.78, 5) is 11.8. The van der Waals surface area contributed by atoms with Crippen molar-refractivity contribution >= 4 is 11.8 Å². The van der Waals surface area contributed by atoms with Crippen LogP contribution in [0, 0.1) is 5.92 Å². The van der Waals surface area contributed by atoms with Crippen LogP contribution in [0.5, 0.6) is 0 Å². The van der Waals surface area contributed by atoms with Crippen LogP contribution in [-0.2, 0) is 5.41 Å². The highest BCUT2D eigenvalue weighted by molar-refractivity contribution is 5.88. The van der Waals surface area contributed by atoms with E-state index >= 15 is 0 Å². The third-order valence-corrected chi connectivity index (χ3v) is 3.88. The topological polar surface area (TPSA) is 87.4 Å². The van der Waals surface area contributed by atoms with Crippen molar-refractivity contribution in [2.75, 3.05) is 11.9 Å². The van der Waals surface area contributed by atoms with Crippen molar-refractivity contribution in [1.29, 1.82) is 0 Å². The Labute approximate surface area is 125 Å². The number of nitrogens with zero attached hydrogens (tertiary/aromatic N) is 1. The molecule has 1 aliphatic rings. The predicted octanol–water partition coefficient (Wildman–Crippen LogP) is 2.64. The molecule has 21 heavy (non-hydrogen) atoms. The second-order valence-corrected chi connectivity index (χ2v) is 6.77. The largest absolute Gasteiger partial charge is 0.393 e. The van der Waals surface area contributed by atoms with Crippen LogP contribution in [0.1, 0.15) is 52.2 Å². The number of nitrogens with one attached hydrogen (secondary N) is 2. The van der Waals surface area contributed by atoms with Gasteiger partial charge in [-0.25, -0.2) is 4.79 Å². The molecule has 3 N–H and O–H groups in total. The lowest BCUT2D eigenvalue weighted by Crippen LogP contribution is -2.38. The van der Waals surface area contributed by atoms with Crippen LogP contribution in [0.4, 0.5) is 10.6 Å². The van der Waals surface area contributed by atoms with E-state index in [0.717, 1.165) is 31.4 Å². The van der Waals surface area contributed by atoms with Crippen molar-refractivity contribution in [2.45, 2.75) is 58.0 Å². The van der Waals surface area contributed by atoms with Crippen LogP contribution in [-0.4, -0.2) is 28.9 Å². The van der Waals surface area contributed by atoms with Crippen LogP contribution < -0.4 is 10.6 Å². The number of carbonyl (C=O) groups is 1. The highest BCUT2D eigenvalue weighted by Crippen LogP contribution is 2.25. The molecule has 1 saturated carbocycles. The molecule has 0 radical (unpaired) electrons. The van der Waals surface area contributed by atoms with E-state index < -0.39 is 0 Å². The number of urea groups is 1. The summed E-state index contributed by atoms with van der Waals surface area (Å²) in [6, 6.07) is 1.41. The highest BCUT2D eigenvalue weighted by Gasteiger charge is 2.24. The number of carbonyl (C=O) groups excluding carboxylic acids is 1. The van der Waals surface area contributed by atoms with E-state index in [1.165, 1.54) is 0 Å². The van der Waals surface area contributed by atoms with Gasteiger partial charge in [-0.1, -0.05) is 38.8 Å². The monoisotopic (exact) mass is 295 g/mol. The van der Waals surface area contributed by atoms with Crippen molar-refractivity contribution in [3.8, 4) is 0 Å². The molecule has 0 saturated heterocycles. The standard InChI is InChI=1S/C15H25N3O3/c1-15(2,3)12-8-13(18-21-12)17-14(20)16-9-10-6-4-5-7-11(10)19/h8,10-11,19H,4-7,9H2,1-3H3,(H2,16,17,18,20)/t10-,11+/m0/s1. The van der Waals surface area contributed by atoms with Gasteiger partial charge >= 0.3 is 6.03 Å². The molecular formula is C15H25N3O3. The Morgan fingerprint density at radius 2 is 2.14 bits per heavy atom. The van der Waals surface area contributed by atoms with Crippen LogP contribution >= 0.6 is 0 Å². The van der Waals surface area contributed by atoms with Gasteiger partial charge in [0.05, 0.1) is 6.10 Å². The fraction of sp³-hybridized carbons (Fsp3) is 0.733. The van der Waals surface area contributed by atoms with Crippen molar-refractivity contribution in [1.82, 2.24) is 10.5 Å². The minimum Gasteiger partial charge on any atom is -0.393 e. The van der Waals surface area contributed by atoms with E-state index in [-0.39, 0.29) is 23.5 Å². The summed E-state index contributed by atoms with van der Waals surface area (Å²) in [5.41, 5.74) is -0.143. The molecule has 1 aromatic rings. The zero-order valence-electron chi connectivity index (χ0n) is 13.0. The first-order chi connectivity index (χ1) is 9.86. The molecule has 118 valence electrons. The maximum absolute atomic E-state index is 11.8. The zero-order valence-corrected chi connectivity index (χ0v) is 13.0. The van der Waals surface area contributed by atoms with Crippen molar-refractivity contribution < 1.29 is 14.4 Å². The van der Waals surface area contributed by atoms with Gasteiger partial charge in [-0.05, 0) is 12.8 Å². The summed E-state index contributed by atoms with van der Waals surface area (Å²) >= 11 is 0. The quantitative estimate of drug-likeness (QED) is 0.800. The second-order valence-electron chi connectivity index (χ2n) is 6.77. The smallest absolute Gasteiger partial charge is 0.320 e. The van der Waals surface area contributed by atoms with E-state index in [9.17, 15) is 9.90 Å². The number of aliphatic hydroxyl groups excluding tert-OH is 1. The van der Waals surface area contributed by atoms with Gasteiger partial charge in [-0.15, -0.1) is 0 Å². The van der Waals surface area contributed by atoms with Gasteiger partial charge in [0.1, 0.15) is 5.76 Å². The first-order valence-corrected chi connectivity index (χ1v) is 7.56. The summed E-state index contributed by atoms with van der Waals surface area (Å²) in [7, 11) is 0. The molecule has 2 atom stereocenters. The number of amides is 2. The molecular weight excluding hydrogens is 270 g/mol. The summed E-state index contributed by atoms with van der Waals surface area (Å²) in [5, 5.41) is 19.1. The SMILES string of the molecule is CC(C)(C)c1cc(NC(=O)NC[C@@H]2CCCC[C@H]2O)no1. The molecule has 0 aromatic carbocycles. The fourth-order valence-corrected chi connectivity index (χ4v) is 2.50. The van der Waals surface area contributed by atoms with Gasteiger partial charge in [0.2, 0.25) is 0 Å². The Morgan fingerprint density at radius 1 is 1.43 bits per heavy atom. The first kappa shape index (κ1) is 15.8. The van der Waals surface area contributed by atoms with Crippen molar-refractivity contribution in [3.63, 3.8) is 0 Å². The maximum atomic E-state index is 11.8. The number of aromatic nitrogens is 1. The number of hydrogen-bond acceptors (Lipinski definition) is 4. The molecule has 6 nitrogen and oxygen atoms in total. The number of aliphatic hydroxyl groups is 1. The van der Waals surface area contributed by atoms with E-state index in [1.54, 1.807) is 6.07 Å². The Bertz CT molecular complexity index is 479. The van der Waals surface area contributed by atoms with Gasteiger partial charge in [0.25, 0.3) is 0 Å². The summed E-state index contributed by atoms with van der Waals surface area (Å²) < 4.78 is 5.21. The van der Waals surface area contributed by atoms with E-state index in [2.05, 4.69) is 15.8 Å². The minimum absolute atomic E-state index is 0.143. The molecule has 0 spiro atoms. The molecule has 1 heterocycles. The van der Waals surface area contributed by atoms with E-state index in [4.69, 9.17) is 4.52 Å². The van der Waals surface area contributed by atoms with E-state index in [0.29, 0.717) is 12.4 Å². The summed E-state index contributed by atoms with van der Waals surface area (Å²) in [6.45, 7) is 6.53. The molecule has 6 heteroatoms. The Hall–Kier alpha value is -1.56. The number of rotatable bonds is 3. The van der Waals surface area contributed by atoms with Crippen LogP contribution in [0.15, 0.2) is 10.6 Å². The van der Waals surface area contributed by atoms with Crippen LogP contribution in [0.2, 0.25) is 0 Å². The van der Waals surface area contributed by atoms with Gasteiger partial charge < -0.3 is 14.9 Å². The molecule has 2 amide bonds. The average Bonchev–Trinajstić information content (AvgIpc) is 2.86. The predicted molar refractivity (Wildman–Crippen MR) is 80.2 cm³/mol. The second kappa shape index (κ2) is 6.47. The molecule has 1 fully saturated rings. The average molecular weight is 295 g/mol. The highest BCUT2D eigenvalue weighted by atomic mass is 16.5. The van der Waals surface area contributed by atoms with Crippen LogP contribution in [0.3, 0.4) is 0 Å². The summed E-state index contributed by atoms with van der Waals surface area (Å²) in [6.07, 6.45) is 3.66. The van der Waals surface area contributed by atoms with E-state index in [1.807, 2.05) is 20.8 Å². The van der Waals surface area contributed by atoms with Gasteiger partial charge in [-0.3, -0.25) is 5.32 Å². The fourth-order valence-electron chi connectivity index (χ4n) is 2.50. The molecule has 0 bridgehead atoms. The zero-order chi connectivity index (χ0) is 15.5. The third kappa shape index (κ3) is 4.46. The van der Waals surface area contributed by atoms with Gasteiger partial charge in [-0.2, -0.15) is 0 Å². The lowest BCUT2D eigenvalue weighted by molar-refractivity contribution is 0.0711. The normalized spacial score (nSPS) is 22.9. The lowest BCUT2D eigenvalue weighted by atomic mass is 9.86. The molecule has 1 aliphatic carbocycles. The molecule has 0 unspecified atom stereocenters. The number of anilines is 1. The minimum atomic E-state index is -0.318. The number of hydrogen-bond donors (Lipinski definition) is 3. The lowest BCUT2D eigenvalue weighted by Gasteiger charge is -2.27. The molecule has 0 aliphatic heterocycles. The maximum Gasteiger partial charge on any atom is 0.320 e. The Kier molecular flexibility index (Phi) is 4.88. The van der Waals surface area contributed by atoms with Gasteiger partial charge in [0.15, 0.2) is 5.82 Å². The van der Waals surface area contributed by atoms with Gasteiger partial charge in [0, 0.05) is 23.9 Å². The third-order valence-electron chi connectivity index (χ3n) is 3.88. The molecule has 1 aromatic heterocycles. The van der Waals surface area contributed by atoms with Crippen molar-refractivity contribution in [3.05, 3.63) is 11.8 Å². The Morgan fingerprint density at radius 3 is 2.76 bits per heavy atom. The Balaban J connectivity index is 1.80. The first-order valence-electron chi connectivity index (χ1n) is 7.56.